The van der Waals surface area contributed by atoms with Crippen molar-refractivity contribution in [2.75, 3.05) is 5.32 Å². The Balaban J connectivity index is 1.67. The number of benzene rings is 1. The summed E-state index contributed by atoms with van der Waals surface area (Å²) in [7, 11) is 0. The third-order valence-electron chi connectivity index (χ3n) is 6.22. The number of hydrogen-bond donors (Lipinski definition) is 1. The van der Waals surface area contributed by atoms with Gasteiger partial charge in [0.25, 0.3) is 5.91 Å². The van der Waals surface area contributed by atoms with Gasteiger partial charge in [-0.15, -0.1) is 11.3 Å². The van der Waals surface area contributed by atoms with Crippen molar-refractivity contribution in [2.45, 2.75) is 52.9 Å². The molecule has 2 heterocycles. The summed E-state index contributed by atoms with van der Waals surface area (Å²) in [6.45, 7) is 6.03. The molecule has 3 aromatic rings. The van der Waals surface area contributed by atoms with E-state index in [1.165, 1.54) is 16.0 Å². The predicted molar refractivity (Wildman–Crippen MR) is 133 cm³/mol. The first-order chi connectivity index (χ1) is 16.0. The number of carbonyl (C=O) groups is 1. The highest BCUT2D eigenvalue weighted by Gasteiger charge is 2.24. The molecular weight excluding hydrogens is 428 g/mol. The molecule has 1 amide bonds. The molecule has 5 nitrogen and oxygen atoms in total. The minimum absolute atomic E-state index is 0.0424. The van der Waals surface area contributed by atoms with Gasteiger partial charge < -0.3 is 9.88 Å². The summed E-state index contributed by atoms with van der Waals surface area (Å²) < 4.78 is 2.09. The molecule has 1 N–H and O–H groups in total. The lowest BCUT2D eigenvalue weighted by atomic mass is 9.96. The van der Waals surface area contributed by atoms with E-state index < -0.39 is 5.91 Å². The monoisotopic (exact) mass is 454 g/mol. The van der Waals surface area contributed by atoms with Gasteiger partial charge in [0.2, 0.25) is 0 Å². The average Bonchev–Trinajstić information content (AvgIpc) is 3.33. The SMILES string of the molecule is CCc1ccc(NC(=O)/C(C#N)=C\c2cc(C)n(-c3sc4c(c3C#N)CCCC4)c2C)cc1. The maximum atomic E-state index is 12.8. The first-order valence-corrected chi connectivity index (χ1v) is 12.0. The number of carbonyl (C=O) groups excluding carboxylic acids is 1. The van der Waals surface area contributed by atoms with Crippen molar-refractivity contribution in [3.05, 3.63) is 74.4 Å². The highest BCUT2D eigenvalue weighted by molar-refractivity contribution is 7.15. The van der Waals surface area contributed by atoms with E-state index in [2.05, 4.69) is 22.9 Å². The summed E-state index contributed by atoms with van der Waals surface area (Å²) >= 11 is 1.69. The van der Waals surface area contributed by atoms with Gasteiger partial charge in [0.05, 0.1) is 5.56 Å². The number of anilines is 1. The number of rotatable bonds is 5. The molecule has 1 aliphatic carbocycles. The van der Waals surface area contributed by atoms with Gasteiger partial charge in [-0.25, -0.2) is 0 Å². The van der Waals surface area contributed by atoms with Gasteiger partial charge >= 0.3 is 0 Å². The van der Waals surface area contributed by atoms with E-state index in [1.54, 1.807) is 17.4 Å². The van der Waals surface area contributed by atoms with E-state index in [4.69, 9.17) is 0 Å². The second-order valence-corrected chi connectivity index (χ2v) is 9.42. The molecule has 1 aliphatic rings. The second-order valence-electron chi connectivity index (χ2n) is 8.34. The van der Waals surface area contributed by atoms with Gasteiger partial charge in [-0.1, -0.05) is 19.1 Å². The van der Waals surface area contributed by atoms with Crippen LogP contribution < -0.4 is 5.32 Å². The number of thiophene rings is 1. The molecule has 1 aromatic carbocycles. The first kappa shape index (κ1) is 22.6. The second kappa shape index (κ2) is 9.48. The molecule has 6 heteroatoms. The summed E-state index contributed by atoms with van der Waals surface area (Å²) in [5.41, 5.74) is 6.53. The van der Waals surface area contributed by atoms with E-state index >= 15 is 0 Å². The lowest BCUT2D eigenvalue weighted by Gasteiger charge is -2.10. The normalized spacial score (nSPS) is 13.2. The lowest BCUT2D eigenvalue weighted by Crippen LogP contribution is -2.13. The van der Waals surface area contributed by atoms with E-state index in [1.807, 2.05) is 50.2 Å². The van der Waals surface area contributed by atoms with Crippen LogP contribution in [-0.4, -0.2) is 10.5 Å². The maximum Gasteiger partial charge on any atom is 0.266 e. The number of hydrogen-bond acceptors (Lipinski definition) is 4. The van der Waals surface area contributed by atoms with Crippen molar-refractivity contribution in [3.63, 3.8) is 0 Å². The van der Waals surface area contributed by atoms with Gasteiger partial charge in [-0.2, -0.15) is 10.5 Å². The van der Waals surface area contributed by atoms with Crippen LogP contribution in [-0.2, 0) is 24.1 Å². The Morgan fingerprint density at radius 2 is 1.91 bits per heavy atom. The number of nitrogens with one attached hydrogen (secondary N) is 1. The number of aryl methyl sites for hydroxylation is 3. The zero-order valence-corrected chi connectivity index (χ0v) is 20.0. The highest BCUT2D eigenvalue weighted by atomic mass is 32.1. The van der Waals surface area contributed by atoms with Crippen molar-refractivity contribution < 1.29 is 4.79 Å². The number of aromatic nitrogens is 1. The molecule has 33 heavy (non-hydrogen) atoms. The van der Waals surface area contributed by atoms with Crippen LogP contribution in [0.4, 0.5) is 5.69 Å². The van der Waals surface area contributed by atoms with Gasteiger partial charge in [-0.05, 0) is 86.9 Å². The molecule has 0 fully saturated rings. The van der Waals surface area contributed by atoms with Crippen LogP contribution in [0.5, 0.6) is 0 Å². The summed E-state index contributed by atoms with van der Waals surface area (Å²) in [6, 6.07) is 14.1. The summed E-state index contributed by atoms with van der Waals surface area (Å²) in [5, 5.41) is 23.3. The fourth-order valence-electron chi connectivity index (χ4n) is 4.40. The fourth-order valence-corrected chi connectivity index (χ4v) is 5.85. The van der Waals surface area contributed by atoms with E-state index in [9.17, 15) is 15.3 Å². The van der Waals surface area contributed by atoms with E-state index in [0.29, 0.717) is 5.69 Å². The molecule has 4 rings (SSSR count). The van der Waals surface area contributed by atoms with Crippen molar-refractivity contribution >= 4 is 29.0 Å². The molecule has 0 saturated heterocycles. The van der Waals surface area contributed by atoms with Crippen molar-refractivity contribution in [3.8, 4) is 17.1 Å². The Labute approximate surface area is 198 Å². The third-order valence-corrected chi connectivity index (χ3v) is 7.50. The zero-order valence-electron chi connectivity index (χ0n) is 19.2. The van der Waals surface area contributed by atoms with Crippen LogP contribution in [0.25, 0.3) is 11.1 Å². The number of nitriles is 2. The maximum absolute atomic E-state index is 12.8. The molecule has 0 aliphatic heterocycles. The quantitative estimate of drug-likeness (QED) is 0.378. The van der Waals surface area contributed by atoms with Crippen LogP contribution in [0.3, 0.4) is 0 Å². The molecule has 0 saturated carbocycles. The Kier molecular flexibility index (Phi) is 6.49. The third kappa shape index (κ3) is 4.35. The minimum Gasteiger partial charge on any atom is -0.321 e. The molecular formula is C27H26N4OS. The Hall–Kier alpha value is -3.61. The van der Waals surface area contributed by atoms with Crippen molar-refractivity contribution in [2.24, 2.45) is 0 Å². The standard InChI is InChI=1S/C27H26N4OS/c1-4-19-9-11-22(12-10-19)30-26(32)21(15-28)14-20-13-17(2)31(18(20)3)27-24(16-29)23-7-5-6-8-25(23)33-27/h9-14H,4-8H2,1-3H3,(H,30,32)/b21-14-. The number of amides is 1. The minimum atomic E-state index is -0.434. The van der Waals surface area contributed by atoms with Gasteiger partial charge in [0, 0.05) is 22.0 Å². The molecule has 0 radical (unpaired) electrons. The Bertz CT molecular complexity index is 1330. The molecule has 0 bridgehead atoms. The largest absolute Gasteiger partial charge is 0.321 e. The predicted octanol–water partition coefficient (Wildman–Crippen LogP) is 6.01. The smallest absolute Gasteiger partial charge is 0.266 e. The molecule has 166 valence electrons. The molecule has 0 atom stereocenters. The summed E-state index contributed by atoms with van der Waals surface area (Å²) in [5.74, 6) is -0.434. The van der Waals surface area contributed by atoms with Gasteiger partial charge in [0.1, 0.15) is 22.7 Å². The molecule has 2 aromatic heterocycles. The van der Waals surface area contributed by atoms with Crippen LogP contribution >= 0.6 is 11.3 Å². The summed E-state index contributed by atoms with van der Waals surface area (Å²) in [6.07, 6.45) is 6.83. The first-order valence-electron chi connectivity index (χ1n) is 11.2. The topological polar surface area (TPSA) is 81.6 Å². The van der Waals surface area contributed by atoms with Crippen LogP contribution in [0.1, 0.15) is 58.3 Å². The van der Waals surface area contributed by atoms with Crippen molar-refractivity contribution in [1.29, 1.82) is 10.5 Å². The van der Waals surface area contributed by atoms with E-state index in [-0.39, 0.29) is 5.57 Å². The Morgan fingerprint density at radius 1 is 1.18 bits per heavy atom. The average molecular weight is 455 g/mol. The van der Waals surface area contributed by atoms with Crippen LogP contribution in [0.15, 0.2) is 35.9 Å². The molecule has 0 spiro atoms. The van der Waals surface area contributed by atoms with Crippen LogP contribution in [0.2, 0.25) is 0 Å². The van der Waals surface area contributed by atoms with E-state index in [0.717, 1.165) is 59.6 Å². The van der Waals surface area contributed by atoms with Gasteiger partial charge in [-0.3, -0.25) is 4.79 Å². The van der Waals surface area contributed by atoms with Crippen molar-refractivity contribution in [1.82, 2.24) is 4.57 Å². The highest BCUT2D eigenvalue weighted by Crippen LogP contribution is 2.38. The van der Waals surface area contributed by atoms with Crippen LogP contribution in [0, 0.1) is 36.5 Å². The molecule has 0 unspecified atom stereocenters. The number of fused-ring (bicyclic) bond motifs is 1. The fraction of sp³-hybridized carbons (Fsp3) is 0.296. The summed E-state index contributed by atoms with van der Waals surface area (Å²) in [4.78, 5) is 14.1. The lowest BCUT2D eigenvalue weighted by molar-refractivity contribution is -0.112. The van der Waals surface area contributed by atoms with Gasteiger partial charge in [0.15, 0.2) is 0 Å². The number of nitrogens with zero attached hydrogens (tertiary/aromatic N) is 3. The Morgan fingerprint density at radius 3 is 2.58 bits per heavy atom. The zero-order chi connectivity index (χ0) is 23.5.